The number of nitrogens with one attached hydrogen (secondary N) is 1. The van der Waals surface area contributed by atoms with Gasteiger partial charge in [0.15, 0.2) is 0 Å². The van der Waals surface area contributed by atoms with E-state index in [0.29, 0.717) is 0 Å². The maximum atomic E-state index is 5.49. The Bertz CT molecular complexity index is 254. The molecule has 0 aromatic carbocycles. The zero-order valence-electron chi connectivity index (χ0n) is 11.6. The van der Waals surface area contributed by atoms with Crippen LogP contribution in [0, 0.1) is 0 Å². The Morgan fingerprint density at radius 3 is 2.39 bits per heavy atom. The largest absolute Gasteiger partial charge is 0.379 e. The third kappa shape index (κ3) is 2.57. The summed E-state index contributed by atoms with van der Waals surface area (Å²) in [5.74, 6) is 0. The van der Waals surface area contributed by atoms with E-state index in [-0.39, 0.29) is 0 Å². The average Bonchev–Trinajstić information content (AvgIpc) is 2.39. The highest BCUT2D eigenvalue weighted by atomic mass is 16.5. The minimum absolute atomic E-state index is 0.752. The molecule has 2 unspecified atom stereocenters. The Morgan fingerprint density at radius 1 is 1.11 bits per heavy atom. The van der Waals surface area contributed by atoms with Crippen LogP contribution in [0.1, 0.15) is 39.0 Å². The molecular formula is C14H27N3O. The number of morpholine rings is 1. The van der Waals surface area contributed by atoms with Crippen LogP contribution < -0.4 is 5.32 Å². The minimum Gasteiger partial charge on any atom is -0.379 e. The predicted octanol–water partition coefficient (Wildman–Crippen LogP) is 1.23. The molecule has 2 atom stereocenters. The van der Waals surface area contributed by atoms with Gasteiger partial charge < -0.3 is 10.1 Å². The van der Waals surface area contributed by atoms with E-state index >= 15 is 0 Å². The Labute approximate surface area is 111 Å². The highest BCUT2D eigenvalue weighted by Crippen LogP contribution is 2.35. The van der Waals surface area contributed by atoms with Crippen LogP contribution in [-0.4, -0.2) is 61.0 Å². The lowest BCUT2D eigenvalue weighted by molar-refractivity contribution is -0.168. The second-order valence-electron chi connectivity index (χ2n) is 5.91. The van der Waals surface area contributed by atoms with E-state index in [0.717, 1.165) is 51.0 Å². The molecule has 0 aromatic heterocycles. The highest BCUT2D eigenvalue weighted by Gasteiger charge is 2.41. The van der Waals surface area contributed by atoms with Crippen LogP contribution in [0.25, 0.3) is 0 Å². The quantitative estimate of drug-likeness (QED) is 0.819. The molecule has 3 aliphatic heterocycles. The fourth-order valence-corrected chi connectivity index (χ4v) is 4.06. The van der Waals surface area contributed by atoms with Gasteiger partial charge in [-0.25, -0.2) is 10.0 Å². The molecule has 4 heteroatoms. The first-order valence-corrected chi connectivity index (χ1v) is 7.73. The van der Waals surface area contributed by atoms with E-state index in [9.17, 15) is 0 Å². The van der Waals surface area contributed by atoms with Crippen LogP contribution in [-0.2, 0) is 4.74 Å². The Hall–Kier alpha value is -0.160. The fraction of sp³-hybridized carbons (Fsp3) is 1.00. The van der Waals surface area contributed by atoms with E-state index < -0.39 is 0 Å². The van der Waals surface area contributed by atoms with E-state index in [1.165, 1.54) is 32.1 Å². The molecule has 0 spiro atoms. The molecule has 18 heavy (non-hydrogen) atoms. The summed E-state index contributed by atoms with van der Waals surface area (Å²) in [6.07, 6.45) is 6.86. The number of rotatable bonds is 3. The Morgan fingerprint density at radius 2 is 1.78 bits per heavy atom. The van der Waals surface area contributed by atoms with Crippen molar-refractivity contribution in [3.8, 4) is 0 Å². The molecule has 0 amide bonds. The van der Waals surface area contributed by atoms with E-state index in [2.05, 4.69) is 22.3 Å². The maximum Gasteiger partial charge on any atom is 0.0608 e. The predicted molar refractivity (Wildman–Crippen MR) is 72.4 cm³/mol. The summed E-state index contributed by atoms with van der Waals surface area (Å²) in [5, 5.41) is 8.99. The van der Waals surface area contributed by atoms with Crippen molar-refractivity contribution in [2.75, 3.05) is 32.8 Å². The van der Waals surface area contributed by atoms with E-state index in [4.69, 9.17) is 4.74 Å². The molecule has 0 aliphatic carbocycles. The van der Waals surface area contributed by atoms with Crippen LogP contribution in [0.15, 0.2) is 0 Å². The minimum atomic E-state index is 0.752. The van der Waals surface area contributed by atoms with Gasteiger partial charge in [0.2, 0.25) is 0 Å². The van der Waals surface area contributed by atoms with Crippen LogP contribution in [0.4, 0.5) is 0 Å². The van der Waals surface area contributed by atoms with Crippen LogP contribution in [0.5, 0.6) is 0 Å². The smallest absolute Gasteiger partial charge is 0.0608 e. The van der Waals surface area contributed by atoms with Crippen LogP contribution in [0.2, 0.25) is 0 Å². The maximum absolute atomic E-state index is 5.49. The van der Waals surface area contributed by atoms with Gasteiger partial charge in [-0.1, -0.05) is 13.3 Å². The molecule has 104 valence electrons. The summed E-state index contributed by atoms with van der Waals surface area (Å²) in [7, 11) is 0. The van der Waals surface area contributed by atoms with Gasteiger partial charge in [0.25, 0.3) is 0 Å². The highest BCUT2D eigenvalue weighted by molar-refractivity contribution is 4.94. The molecule has 3 fully saturated rings. The Balaban J connectivity index is 1.67. The van der Waals surface area contributed by atoms with E-state index in [1.807, 2.05) is 0 Å². The normalized spacial score (nSPS) is 38.8. The number of hydrogen-bond donors (Lipinski definition) is 1. The summed E-state index contributed by atoms with van der Waals surface area (Å²) in [6, 6.07) is 2.31. The second-order valence-corrected chi connectivity index (χ2v) is 5.91. The van der Waals surface area contributed by atoms with Crippen molar-refractivity contribution in [3.63, 3.8) is 0 Å². The standard InChI is InChI=1S/C14H27N3O/c1-2-15-12-10-13-4-3-5-14(11-12)17(13)16-6-8-18-9-7-16/h12-15H,2-11H2,1H3. The molecule has 3 aliphatic rings. The summed E-state index contributed by atoms with van der Waals surface area (Å²) in [5.41, 5.74) is 0. The molecule has 1 N–H and O–H groups in total. The number of hydrogen-bond acceptors (Lipinski definition) is 4. The van der Waals surface area contributed by atoms with Crippen molar-refractivity contribution in [1.29, 1.82) is 0 Å². The summed E-state index contributed by atoms with van der Waals surface area (Å²) in [4.78, 5) is 0. The van der Waals surface area contributed by atoms with Gasteiger partial charge in [-0.2, -0.15) is 0 Å². The van der Waals surface area contributed by atoms with Gasteiger partial charge >= 0.3 is 0 Å². The van der Waals surface area contributed by atoms with Crippen molar-refractivity contribution >= 4 is 0 Å². The van der Waals surface area contributed by atoms with Crippen LogP contribution >= 0.6 is 0 Å². The number of ether oxygens (including phenoxy) is 1. The number of hydrazine groups is 1. The van der Waals surface area contributed by atoms with Crippen molar-refractivity contribution in [2.45, 2.75) is 57.2 Å². The molecule has 2 bridgehead atoms. The molecular weight excluding hydrogens is 226 g/mol. The number of piperidine rings is 2. The summed E-state index contributed by atoms with van der Waals surface area (Å²) < 4.78 is 5.49. The van der Waals surface area contributed by atoms with Gasteiger partial charge in [-0.05, 0) is 32.2 Å². The molecule has 4 nitrogen and oxygen atoms in total. The first-order valence-electron chi connectivity index (χ1n) is 7.73. The zero-order valence-corrected chi connectivity index (χ0v) is 11.6. The number of fused-ring (bicyclic) bond motifs is 2. The SMILES string of the molecule is CCNC1CC2CCCC(C1)N2N1CCOCC1. The third-order valence-corrected chi connectivity index (χ3v) is 4.74. The topological polar surface area (TPSA) is 27.7 Å². The van der Waals surface area contributed by atoms with Gasteiger partial charge in [0.1, 0.15) is 0 Å². The lowest BCUT2D eigenvalue weighted by atomic mass is 9.83. The van der Waals surface area contributed by atoms with Gasteiger partial charge in [0, 0.05) is 31.2 Å². The molecule has 0 saturated carbocycles. The van der Waals surface area contributed by atoms with Crippen molar-refractivity contribution in [1.82, 2.24) is 15.3 Å². The van der Waals surface area contributed by atoms with E-state index in [1.54, 1.807) is 0 Å². The van der Waals surface area contributed by atoms with Gasteiger partial charge in [0.05, 0.1) is 13.2 Å². The molecule has 3 heterocycles. The second kappa shape index (κ2) is 5.87. The van der Waals surface area contributed by atoms with Crippen molar-refractivity contribution in [3.05, 3.63) is 0 Å². The molecule has 3 rings (SSSR count). The van der Waals surface area contributed by atoms with Gasteiger partial charge in [-0.3, -0.25) is 0 Å². The zero-order chi connectivity index (χ0) is 12.4. The van der Waals surface area contributed by atoms with Gasteiger partial charge in [-0.15, -0.1) is 0 Å². The molecule has 3 saturated heterocycles. The summed E-state index contributed by atoms with van der Waals surface area (Å²) in [6.45, 7) is 7.35. The third-order valence-electron chi connectivity index (χ3n) is 4.74. The van der Waals surface area contributed by atoms with Crippen molar-refractivity contribution < 1.29 is 4.74 Å². The summed E-state index contributed by atoms with van der Waals surface area (Å²) >= 11 is 0. The Kier molecular flexibility index (Phi) is 4.19. The monoisotopic (exact) mass is 253 g/mol. The van der Waals surface area contributed by atoms with Crippen molar-refractivity contribution in [2.24, 2.45) is 0 Å². The fourth-order valence-electron chi connectivity index (χ4n) is 4.06. The first kappa shape index (κ1) is 12.9. The number of nitrogens with zero attached hydrogens (tertiary/aromatic N) is 2. The lowest BCUT2D eigenvalue weighted by Gasteiger charge is -2.54. The molecule has 0 radical (unpaired) electrons. The van der Waals surface area contributed by atoms with Crippen LogP contribution in [0.3, 0.4) is 0 Å². The lowest BCUT2D eigenvalue weighted by Crippen LogP contribution is -2.63. The average molecular weight is 253 g/mol. The molecule has 0 aromatic rings. The first-order chi connectivity index (χ1) is 8.88.